The van der Waals surface area contributed by atoms with Crippen LogP contribution in [0.15, 0.2) is 48.7 Å². The van der Waals surface area contributed by atoms with Crippen molar-refractivity contribution in [3.8, 4) is 0 Å². The van der Waals surface area contributed by atoms with Gasteiger partial charge in [-0.05, 0) is 23.8 Å². The van der Waals surface area contributed by atoms with E-state index >= 15 is 0 Å². The molecule has 0 aliphatic carbocycles. The predicted molar refractivity (Wildman–Crippen MR) is 72.0 cm³/mol. The Hall–Kier alpha value is -2.42. The molecule has 18 heavy (non-hydrogen) atoms. The quantitative estimate of drug-likeness (QED) is 0.713. The summed E-state index contributed by atoms with van der Waals surface area (Å²) in [7, 11) is 1.75. The van der Waals surface area contributed by atoms with Crippen LogP contribution in [0, 0.1) is 0 Å². The van der Waals surface area contributed by atoms with Crippen molar-refractivity contribution in [2.75, 3.05) is 11.9 Å². The summed E-state index contributed by atoms with van der Waals surface area (Å²) in [6.07, 6.45) is 3.61. The molecule has 3 nitrogen and oxygen atoms in total. The molecule has 88 valence electrons. The first kappa shape index (κ1) is 10.7. The Morgan fingerprint density at radius 3 is 2.67 bits per heavy atom. The van der Waals surface area contributed by atoms with E-state index in [-0.39, 0.29) is 5.91 Å². The van der Waals surface area contributed by atoms with Crippen LogP contribution >= 0.6 is 0 Å². The lowest BCUT2D eigenvalue weighted by Crippen LogP contribution is -2.20. The van der Waals surface area contributed by atoms with Crippen LogP contribution in [-0.4, -0.2) is 17.9 Å². The Bertz CT molecular complexity index is 632. The highest BCUT2D eigenvalue weighted by molar-refractivity contribution is 6.35. The van der Waals surface area contributed by atoms with Gasteiger partial charge in [0.25, 0.3) is 5.91 Å². The minimum Gasteiger partial charge on any atom is -0.295 e. The molecule has 3 rings (SSSR count). The van der Waals surface area contributed by atoms with E-state index in [1.165, 1.54) is 0 Å². The first-order chi connectivity index (χ1) is 8.77. The first-order valence-corrected chi connectivity index (χ1v) is 5.77. The largest absolute Gasteiger partial charge is 0.295 e. The number of nitrogens with zero attached hydrogens (tertiary/aromatic N) is 2. The number of carbonyl (C=O) groups excluding carboxylic acids is 1. The lowest BCUT2D eigenvalue weighted by Gasteiger charge is -2.06. The van der Waals surface area contributed by atoms with Gasteiger partial charge in [0.1, 0.15) is 5.82 Å². The van der Waals surface area contributed by atoms with E-state index < -0.39 is 0 Å². The van der Waals surface area contributed by atoms with Crippen LogP contribution < -0.4 is 4.90 Å². The first-order valence-electron chi connectivity index (χ1n) is 5.77. The molecule has 0 saturated heterocycles. The van der Waals surface area contributed by atoms with Crippen LogP contribution in [0.4, 0.5) is 5.82 Å². The summed E-state index contributed by atoms with van der Waals surface area (Å²) >= 11 is 0. The van der Waals surface area contributed by atoms with Crippen LogP contribution in [0.5, 0.6) is 0 Å². The zero-order valence-corrected chi connectivity index (χ0v) is 10.00. The maximum absolute atomic E-state index is 12.2. The summed E-state index contributed by atoms with van der Waals surface area (Å²) in [4.78, 5) is 18.0. The van der Waals surface area contributed by atoms with Crippen molar-refractivity contribution in [3.05, 3.63) is 59.8 Å². The molecule has 0 unspecified atom stereocenters. The molecule has 3 heteroatoms. The summed E-state index contributed by atoms with van der Waals surface area (Å²) < 4.78 is 0. The van der Waals surface area contributed by atoms with Gasteiger partial charge in [0, 0.05) is 18.8 Å². The SMILES string of the molecule is CN1C(=O)C(=Cc2ccccc2)c2cccnc21. The van der Waals surface area contributed by atoms with Gasteiger partial charge in [-0.2, -0.15) is 0 Å². The topological polar surface area (TPSA) is 33.2 Å². The molecule has 2 aromatic rings. The van der Waals surface area contributed by atoms with Crippen LogP contribution in [0.1, 0.15) is 11.1 Å². The number of amides is 1. The van der Waals surface area contributed by atoms with Crippen molar-refractivity contribution in [1.82, 2.24) is 4.98 Å². The molecule has 0 saturated carbocycles. The Kier molecular flexibility index (Phi) is 2.45. The van der Waals surface area contributed by atoms with Gasteiger partial charge in [-0.25, -0.2) is 4.98 Å². The van der Waals surface area contributed by atoms with E-state index in [0.717, 1.165) is 16.9 Å². The Labute approximate surface area is 105 Å². The number of benzene rings is 1. The minimum absolute atomic E-state index is 0.00690. The van der Waals surface area contributed by atoms with Crippen molar-refractivity contribution in [2.45, 2.75) is 0 Å². The standard InChI is InChI=1S/C15H12N2O/c1-17-14-12(8-5-9-16-14)13(15(17)18)10-11-6-3-2-4-7-11/h2-10H,1H3. The normalized spacial score (nSPS) is 16.2. The number of pyridine rings is 1. The van der Waals surface area contributed by atoms with Crippen molar-refractivity contribution in [3.63, 3.8) is 0 Å². The van der Waals surface area contributed by atoms with Gasteiger partial charge in [-0.15, -0.1) is 0 Å². The fraction of sp³-hybridized carbons (Fsp3) is 0.0667. The third-order valence-corrected chi connectivity index (χ3v) is 3.04. The Morgan fingerprint density at radius 1 is 1.11 bits per heavy atom. The van der Waals surface area contributed by atoms with Crippen LogP contribution in [0.25, 0.3) is 11.6 Å². The maximum Gasteiger partial charge on any atom is 0.259 e. The maximum atomic E-state index is 12.2. The molecule has 0 fully saturated rings. The van der Waals surface area contributed by atoms with Gasteiger partial charge < -0.3 is 0 Å². The summed E-state index contributed by atoms with van der Waals surface area (Å²) in [5.74, 6) is 0.720. The number of fused-ring (bicyclic) bond motifs is 1. The van der Waals surface area contributed by atoms with Crippen molar-refractivity contribution in [2.24, 2.45) is 0 Å². The van der Waals surface area contributed by atoms with E-state index in [0.29, 0.717) is 5.57 Å². The fourth-order valence-corrected chi connectivity index (χ4v) is 2.12. The Balaban J connectivity index is 2.14. The second kappa shape index (κ2) is 4.11. The average molecular weight is 236 g/mol. The number of aromatic nitrogens is 1. The lowest BCUT2D eigenvalue weighted by atomic mass is 10.1. The van der Waals surface area contributed by atoms with E-state index in [4.69, 9.17) is 0 Å². The van der Waals surface area contributed by atoms with Gasteiger partial charge in [0.2, 0.25) is 0 Å². The van der Waals surface area contributed by atoms with Crippen LogP contribution in [-0.2, 0) is 4.79 Å². The molecule has 1 aromatic heterocycles. The van der Waals surface area contributed by atoms with Gasteiger partial charge in [-0.1, -0.05) is 30.3 Å². The molecule has 1 aromatic carbocycles. The number of rotatable bonds is 1. The van der Waals surface area contributed by atoms with E-state index in [1.807, 2.05) is 48.5 Å². The van der Waals surface area contributed by atoms with Gasteiger partial charge in [0.05, 0.1) is 5.57 Å². The van der Waals surface area contributed by atoms with Crippen LogP contribution in [0.2, 0.25) is 0 Å². The predicted octanol–water partition coefficient (Wildman–Crippen LogP) is 2.60. The number of hydrogen-bond acceptors (Lipinski definition) is 2. The summed E-state index contributed by atoms with van der Waals surface area (Å²) in [5.41, 5.74) is 2.62. The second-order valence-electron chi connectivity index (χ2n) is 4.21. The van der Waals surface area contributed by atoms with Crippen molar-refractivity contribution >= 4 is 23.4 Å². The molecule has 0 spiro atoms. The second-order valence-corrected chi connectivity index (χ2v) is 4.21. The zero-order valence-electron chi connectivity index (χ0n) is 10.00. The van der Waals surface area contributed by atoms with Gasteiger partial charge in [-0.3, -0.25) is 9.69 Å². The number of anilines is 1. The number of carbonyl (C=O) groups is 1. The lowest BCUT2D eigenvalue weighted by molar-refractivity contribution is -0.112. The zero-order chi connectivity index (χ0) is 12.5. The van der Waals surface area contributed by atoms with Gasteiger partial charge in [0.15, 0.2) is 0 Å². The van der Waals surface area contributed by atoms with Crippen molar-refractivity contribution < 1.29 is 4.79 Å². The van der Waals surface area contributed by atoms with E-state index in [1.54, 1.807) is 18.1 Å². The highest BCUT2D eigenvalue weighted by Crippen LogP contribution is 2.34. The summed E-state index contributed by atoms with van der Waals surface area (Å²) in [6.45, 7) is 0. The highest BCUT2D eigenvalue weighted by atomic mass is 16.2. The van der Waals surface area contributed by atoms with Crippen LogP contribution in [0.3, 0.4) is 0 Å². The van der Waals surface area contributed by atoms with Crippen molar-refractivity contribution in [1.29, 1.82) is 0 Å². The number of likely N-dealkylation sites (N-methyl/N-ethyl adjacent to an activating group) is 1. The molecule has 2 heterocycles. The molecule has 0 atom stereocenters. The van der Waals surface area contributed by atoms with E-state index in [9.17, 15) is 4.79 Å². The Morgan fingerprint density at radius 2 is 1.89 bits per heavy atom. The monoisotopic (exact) mass is 236 g/mol. The molecular weight excluding hydrogens is 224 g/mol. The third-order valence-electron chi connectivity index (χ3n) is 3.04. The average Bonchev–Trinajstić information content (AvgIpc) is 2.66. The molecule has 1 aliphatic rings. The molecular formula is C15H12N2O. The molecule has 0 radical (unpaired) electrons. The molecule has 0 bridgehead atoms. The third kappa shape index (κ3) is 1.61. The number of hydrogen-bond donors (Lipinski definition) is 0. The van der Waals surface area contributed by atoms with E-state index in [2.05, 4.69) is 4.98 Å². The molecule has 1 aliphatic heterocycles. The summed E-state index contributed by atoms with van der Waals surface area (Å²) in [5, 5.41) is 0. The van der Waals surface area contributed by atoms with Gasteiger partial charge >= 0.3 is 0 Å². The summed E-state index contributed by atoms with van der Waals surface area (Å²) in [6, 6.07) is 13.6. The highest BCUT2D eigenvalue weighted by Gasteiger charge is 2.30. The molecule has 1 amide bonds. The minimum atomic E-state index is -0.00690. The fourth-order valence-electron chi connectivity index (χ4n) is 2.12. The molecule has 0 N–H and O–H groups in total. The smallest absolute Gasteiger partial charge is 0.259 e.